The van der Waals surface area contributed by atoms with Crippen molar-refractivity contribution in [3.05, 3.63) is 71.7 Å². The van der Waals surface area contributed by atoms with E-state index in [1.54, 1.807) is 7.11 Å². The van der Waals surface area contributed by atoms with Crippen molar-refractivity contribution >= 4 is 5.82 Å². The fourth-order valence-electron chi connectivity index (χ4n) is 4.26. The van der Waals surface area contributed by atoms with Gasteiger partial charge in [-0.1, -0.05) is 30.3 Å². The van der Waals surface area contributed by atoms with Crippen LogP contribution in [0.4, 0.5) is 5.82 Å². The van der Waals surface area contributed by atoms with E-state index in [-0.39, 0.29) is 6.04 Å². The highest BCUT2D eigenvalue weighted by Crippen LogP contribution is 2.33. The minimum atomic E-state index is 0.240. The molecular weight excluding hydrogens is 386 g/mol. The van der Waals surface area contributed by atoms with E-state index in [4.69, 9.17) is 14.7 Å². The van der Waals surface area contributed by atoms with Gasteiger partial charge < -0.3 is 15.4 Å². The molecule has 4 rings (SSSR count). The largest absolute Gasteiger partial charge is 0.497 e. The summed E-state index contributed by atoms with van der Waals surface area (Å²) in [5, 5.41) is 6.37. The Morgan fingerprint density at radius 1 is 1.03 bits per heavy atom. The van der Waals surface area contributed by atoms with Gasteiger partial charge in [-0.25, -0.2) is 9.97 Å². The summed E-state index contributed by atoms with van der Waals surface area (Å²) in [5.74, 6) is 2.67. The Morgan fingerprint density at radius 2 is 1.84 bits per heavy atom. The van der Waals surface area contributed by atoms with Gasteiger partial charge in [0.2, 0.25) is 0 Å². The molecule has 1 aromatic heterocycles. The Kier molecular flexibility index (Phi) is 6.79. The maximum Gasteiger partial charge on any atom is 0.148 e. The number of hydrogen-bond acceptors (Lipinski definition) is 6. The molecule has 1 fully saturated rings. The van der Waals surface area contributed by atoms with E-state index in [0.29, 0.717) is 0 Å². The Morgan fingerprint density at radius 3 is 2.61 bits per heavy atom. The van der Waals surface area contributed by atoms with Crippen LogP contribution in [-0.2, 0) is 13.1 Å². The van der Waals surface area contributed by atoms with Crippen molar-refractivity contribution in [3.63, 3.8) is 0 Å². The third kappa shape index (κ3) is 5.03. The number of likely N-dealkylation sites (tertiary alicyclic amines) is 1. The van der Waals surface area contributed by atoms with Crippen LogP contribution in [0.1, 0.15) is 36.0 Å². The van der Waals surface area contributed by atoms with Gasteiger partial charge in [-0.3, -0.25) is 4.90 Å². The number of hydrogen-bond donors (Lipinski definition) is 2. The number of nitrogens with one attached hydrogen (secondary N) is 2. The Labute approximate surface area is 184 Å². The summed E-state index contributed by atoms with van der Waals surface area (Å²) in [6.45, 7) is 2.68. The van der Waals surface area contributed by atoms with E-state index in [1.165, 1.54) is 16.7 Å². The average molecular weight is 418 g/mol. The summed E-state index contributed by atoms with van der Waals surface area (Å²) >= 11 is 0. The Balaban J connectivity index is 1.56. The molecule has 0 aliphatic carbocycles. The van der Waals surface area contributed by atoms with E-state index in [0.717, 1.165) is 55.6 Å². The van der Waals surface area contributed by atoms with Crippen LogP contribution in [0, 0.1) is 0 Å². The molecule has 0 bridgehead atoms. The molecule has 2 aromatic carbocycles. The summed E-state index contributed by atoms with van der Waals surface area (Å²) in [7, 11) is 5.56. The summed E-state index contributed by atoms with van der Waals surface area (Å²) in [4.78, 5) is 12.1. The first-order valence-electron chi connectivity index (χ1n) is 10.9. The first kappa shape index (κ1) is 21.3. The lowest BCUT2D eigenvalue weighted by atomic mass is 10.0. The van der Waals surface area contributed by atoms with Crippen LogP contribution in [0.2, 0.25) is 0 Å². The molecule has 1 atom stereocenters. The molecule has 1 unspecified atom stereocenters. The number of ether oxygens (including phenoxy) is 1. The number of aromatic nitrogens is 2. The van der Waals surface area contributed by atoms with Gasteiger partial charge in [0.05, 0.1) is 18.8 Å². The number of methoxy groups -OCH3 is 1. The van der Waals surface area contributed by atoms with Crippen LogP contribution < -0.4 is 15.4 Å². The molecule has 162 valence electrons. The third-order valence-electron chi connectivity index (χ3n) is 5.79. The maximum absolute atomic E-state index is 5.39. The molecule has 31 heavy (non-hydrogen) atoms. The number of benzene rings is 2. The lowest BCUT2D eigenvalue weighted by Gasteiger charge is -2.24. The Bertz CT molecular complexity index is 1020. The van der Waals surface area contributed by atoms with Crippen molar-refractivity contribution in [2.75, 3.05) is 33.1 Å². The minimum Gasteiger partial charge on any atom is -0.497 e. The predicted molar refractivity (Wildman–Crippen MR) is 125 cm³/mol. The van der Waals surface area contributed by atoms with Crippen LogP contribution in [0.3, 0.4) is 0 Å². The molecule has 0 radical (unpaired) electrons. The minimum absolute atomic E-state index is 0.240. The fraction of sp³-hybridized carbons (Fsp3) is 0.360. The number of nitrogens with zero attached hydrogens (tertiary/aromatic N) is 3. The summed E-state index contributed by atoms with van der Waals surface area (Å²) in [6.07, 6.45) is 2.25. The lowest BCUT2D eigenvalue weighted by Crippen LogP contribution is -2.25. The molecule has 1 aliphatic heterocycles. The molecule has 0 saturated carbocycles. The smallest absolute Gasteiger partial charge is 0.148 e. The topological polar surface area (TPSA) is 62.3 Å². The second-order valence-electron chi connectivity index (χ2n) is 7.94. The second kappa shape index (κ2) is 9.90. The molecule has 0 amide bonds. The zero-order valence-electron chi connectivity index (χ0n) is 18.6. The van der Waals surface area contributed by atoms with Gasteiger partial charge in [0.25, 0.3) is 0 Å². The van der Waals surface area contributed by atoms with Crippen LogP contribution in [0.15, 0.2) is 54.6 Å². The van der Waals surface area contributed by atoms with Gasteiger partial charge in [0, 0.05) is 26.2 Å². The van der Waals surface area contributed by atoms with Crippen LogP contribution in [-0.4, -0.2) is 42.6 Å². The summed E-state index contributed by atoms with van der Waals surface area (Å²) < 4.78 is 5.39. The second-order valence-corrected chi connectivity index (χ2v) is 7.94. The van der Waals surface area contributed by atoms with Gasteiger partial charge in [-0.15, -0.1) is 0 Å². The Hall–Kier alpha value is -2.96. The lowest BCUT2D eigenvalue weighted by molar-refractivity contribution is 0.239. The fourth-order valence-corrected chi connectivity index (χ4v) is 4.26. The molecule has 3 aromatic rings. The van der Waals surface area contributed by atoms with E-state index in [2.05, 4.69) is 51.9 Å². The van der Waals surface area contributed by atoms with Crippen LogP contribution >= 0.6 is 0 Å². The standard InChI is InChI=1S/C25H31N5O/c1-26-16-21-15-24(27-2)29-25(28-21)23-11-6-12-30(23)17-18-7-4-8-19(13-18)20-9-5-10-22(14-20)31-3/h4-5,7-10,13-15,23,26H,6,11-12,16-17H2,1-3H3,(H,27,28,29). The zero-order chi connectivity index (χ0) is 21.6. The maximum atomic E-state index is 5.39. The molecule has 2 N–H and O–H groups in total. The van der Waals surface area contributed by atoms with Crippen molar-refractivity contribution in [2.24, 2.45) is 0 Å². The molecule has 1 aliphatic rings. The van der Waals surface area contributed by atoms with Crippen LogP contribution in [0.25, 0.3) is 11.1 Å². The average Bonchev–Trinajstić information content (AvgIpc) is 3.27. The van der Waals surface area contributed by atoms with Gasteiger partial charge in [-0.2, -0.15) is 0 Å². The molecule has 6 heteroatoms. The van der Waals surface area contributed by atoms with E-state index < -0.39 is 0 Å². The van der Waals surface area contributed by atoms with Gasteiger partial charge >= 0.3 is 0 Å². The molecule has 6 nitrogen and oxygen atoms in total. The molecule has 1 saturated heterocycles. The monoisotopic (exact) mass is 417 g/mol. The van der Waals surface area contributed by atoms with Crippen molar-refractivity contribution in [3.8, 4) is 16.9 Å². The third-order valence-corrected chi connectivity index (χ3v) is 5.79. The first-order valence-corrected chi connectivity index (χ1v) is 10.9. The number of rotatable bonds is 8. The van der Waals surface area contributed by atoms with Gasteiger partial charge in [0.1, 0.15) is 17.4 Å². The van der Waals surface area contributed by atoms with E-state index in [1.807, 2.05) is 32.3 Å². The van der Waals surface area contributed by atoms with E-state index in [9.17, 15) is 0 Å². The number of anilines is 1. The van der Waals surface area contributed by atoms with Crippen molar-refractivity contribution in [1.29, 1.82) is 0 Å². The molecule has 2 heterocycles. The summed E-state index contributed by atoms with van der Waals surface area (Å²) in [6, 6.07) is 19.2. The predicted octanol–water partition coefficient (Wildman–Crippen LogP) is 4.25. The molecule has 0 spiro atoms. The van der Waals surface area contributed by atoms with E-state index >= 15 is 0 Å². The van der Waals surface area contributed by atoms with Crippen LogP contribution in [0.5, 0.6) is 5.75 Å². The normalized spacial score (nSPS) is 16.4. The SMILES string of the molecule is CNCc1cc(NC)nc(C2CCCN2Cc2cccc(-c3cccc(OC)c3)c2)n1. The quantitative estimate of drug-likeness (QED) is 0.571. The van der Waals surface area contributed by atoms with Crippen molar-refractivity contribution in [1.82, 2.24) is 20.2 Å². The summed E-state index contributed by atoms with van der Waals surface area (Å²) in [5.41, 5.74) is 4.69. The van der Waals surface area contributed by atoms with Gasteiger partial charge in [-0.05, 0) is 61.3 Å². The zero-order valence-corrected chi connectivity index (χ0v) is 18.6. The van der Waals surface area contributed by atoms with Gasteiger partial charge in [0.15, 0.2) is 0 Å². The first-order chi connectivity index (χ1) is 15.2. The van der Waals surface area contributed by atoms with Crippen molar-refractivity contribution in [2.45, 2.75) is 32.0 Å². The highest BCUT2D eigenvalue weighted by atomic mass is 16.5. The highest BCUT2D eigenvalue weighted by Gasteiger charge is 2.29. The molecular formula is C25H31N5O. The highest BCUT2D eigenvalue weighted by molar-refractivity contribution is 5.65. The van der Waals surface area contributed by atoms with Crippen molar-refractivity contribution < 1.29 is 4.74 Å².